The minimum absolute atomic E-state index is 0.0211. The second-order valence-corrected chi connectivity index (χ2v) is 7.81. The predicted octanol–water partition coefficient (Wildman–Crippen LogP) is 6.53. The number of allylic oxidation sites excluding steroid dienone is 1. The number of Topliss-reactive ketones (excluding diaryl/α,β-unsaturated/α-hetero) is 1. The minimum Gasteiger partial charge on any atom is -0.294 e. The molecule has 6 heteroatoms. The highest BCUT2D eigenvalue weighted by molar-refractivity contribution is 6.14. The van der Waals surface area contributed by atoms with Crippen LogP contribution in [0.4, 0.5) is 17.6 Å². The average molecular weight is 431 g/mol. The van der Waals surface area contributed by atoms with Crippen LogP contribution < -0.4 is 0 Å². The maximum atomic E-state index is 13.1. The Kier molecular flexibility index (Phi) is 7.42. The van der Waals surface area contributed by atoms with E-state index in [4.69, 9.17) is 0 Å². The van der Waals surface area contributed by atoms with Gasteiger partial charge in [-0.15, -0.1) is 0 Å². The molecule has 3 rings (SSSR count). The van der Waals surface area contributed by atoms with Crippen LogP contribution in [0.2, 0.25) is 0 Å². The summed E-state index contributed by atoms with van der Waals surface area (Å²) in [4.78, 5) is 17.2. The molecule has 0 saturated carbocycles. The molecule has 1 heterocycles. The van der Waals surface area contributed by atoms with Crippen molar-refractivity contribution in [2.75, 3.05) is 0 Å². The number of hydrogen-bond donors (Lipinski definition) is 0. The van der Waals surface area contributed by atoms with Crippen molar-refractivity contribution in [3.05, 3.63) is 82.2 Å². The van der Waals surface area contributed by atoms with Crippen molar-refractivity contribution in [3.8, 4) is 0 Å². The Morgan fingerprint density at radius 2 is 1.68 bits per heavy atom. The molecule has 0 amide bonds. The molecule has 2 nitrogen and oxygen atoms in total. The van der Waals surface area contributed by atoms with Gasteiger partial charge < -0.3 is 0 Å². The first-order valence-electron chi connectivity index (χ1n) is 10.4. The summed E-state index contributed by atoms with van der Waals surface area (Å²) in [6.07, 6.45) is 0.907. The molecule has 1 atom stereocenters. The molecule has 2 aromatic carbocycles. The van der Waals surface area contributed by atoms with E-state index in [1.165, 1.54) is 24.3 Å². The third-order valence-corrected chi connectivity index (χ3v) is 5.54. The van der Waals surface area contributed by atoms with E-state index >= 15 is 0 Å². The highest BCUT2D eigenvalue weighted by atomic mass is 19.4. The summed E-state index contributed by atoms with van der Waals surface area (Å²) in [5.74, 6) is -0.248. The Balaban J connectivity index is 1.54. The van der Waals surface area contributed by atoms with Crippen molar-refractivity contribution >= 4 is 12.0 Å². The minimum atomic E-state index is -4.34. The first kappa shape index (κ1) is 22.9. The van der Waals surface area contributed by atoms with Gasteiger partial charge in [-0.05, 0) is 67.5 Å². The van der Waals surface area contributed by atoms with Crippen LogP contribution in [0.3, 0.4) is 0 Å². The van der Waals surface area contributed by atoms with Crippen molar-refractivity contribution in [3.63, 3.8) is 0 Å². The zero-order valence-corrected chi connectivity index (χ0v) is 17.4. The van der Waals surface area contributed by atoms with E-state index in [0.717, 1.165) is 35.3 Å². The monoisotopic (exact) mass is 431 g/mol. The lowest BCUT2D eigenvalue weighted by Gasteiger charge is -2.21. The second kappa shape index (κ2) is 10.0. The molecule has 0 fully saturated rings. The summed E-state index contributed by atoms with van der Waals surface area (Å²) in [5.41, 5.74) is 2.85. The number of aryl methyl sites for hydroxylation is 1. The molecular weight excluding hydrogens is 406 g/mol. The molecule has 0 radical (unpaired) electrons. The molecule has 0 spiro atoms. The summed E-state index contributed by atoms with van der Waals surface area (Å²) in [6.45, 7) is 2.01. The number of rotatable bonds is 8. The molecule has 2 aromatic rings. The largest absolute Gasteiger partial charge is 0.416 e. The first-order chi connectivity index (χ1) is 14.8. The fraction of sp³-hybridized carbons (Fsp3) is 0.360. The Morgan fingerprint density at radius 1 is 1.03 bits per heavy atom. The van der Waals surface area contributed by atoms with Crippen LogP contribution in [-0.2, 0) is 23.8 Å². The molecular formula is C25H25F4NO. The third kappa shape index (κ3) is 6.36. The predicted molar refractivity (Wildman–Crippen MR) is 114 cm³/mol. The quantitative estimate of drug-likeness (QED) is 0.437. The number of halogens is 4. The number of aliphatic imine (C=N–C) groups is 1. The smallest absolute Gasteiger partial charge is 0.294 e. The number of dihydropyridines is 1. The number of ketones is 1. The van der Waals surface area contributed by atoms with E-state index in [9.17, 15) is 22.4 Å². The van der Waals surface area contributed by atoms with E-state index in [2.05, 4.69) is 4.99 Å². The zero-order valence-electron chi connectivity index (χ0n) is 17.4. The maximum Gasteiger partial charge on any atom is 0.416 e. The number of benzene rings is 2. The van der Waals surface area contributed by atoms with Crippen molar-refractivity contribution in [2.45, 2.75) is 57.7 Å². The summed E-state index contributed by atoms with van der Waals surface area (Å²) >= 11 is 0. The number of hydrogen-bond acceptors (Lipinski definition) is 2. The molecule has 0 aliphatic carbocycles. The summed E-state index contributed by atoms with van der Waals surface area (Å²) in [7, 11) is 0. The average Bonchev–Trinajstić information content (AvgIpc) is 2.75. The van der Waals surface area contributed by atoms with Gasteiger partial charge in [0, 0.05) is 18.2 Å². The van der Waals surface area contributed by atoms with Gasteiger partial charge in [-0.1, -0.05) is 36.8 Å². The van der Waals surface area contributed by atoms with Crippen LogP contribution in [0.25, 0.3) is 0 Å². The molecule has 164 valence electrons. The lowest BCUT2D eigenvalue weighted by atomic mass is 9.89. The normalized spacial score (nSPS) is 16.6. The van der Waals surface area contributed by atoms with Crippen LogP contribution in [0.15, 0.2) is 64.7 Å². The maximum absolute atomic E-state index is 13.1. The Bertz CT molecular complexity index is 957. The SMILES string of the molecule is CCC1=C(C(=O)CCCc2ccc(C(F)(F)F)cc2)C=NC(Cc2ccc(F)cc2)C1. The number of nitrogens with zero attached hydrogens (tertiary/aromatic N) is 1. The molecule has 0 saturated heterocycles. The van der Waals surface area contributed by atoms with Crippen LogP contribution >= 0.6 is 0 Å². The highest BCUT2D eigenvalue weighted by Crippen LogP contribution is 2.29. The van der Waals surface area contributed by atoms with Crippen molar-refractivity contribution in [1.82, 2.24) is 0 Å². The number of carbonyl (C=O) groups is 1. The summed E-state index contributed by atoms with van der Waals surface area (Å²) < 4.78 is 51.0. The van der Waals surface area contributed by atoms with E-state index in [0.29, 0.717) is 37.7 Å². The molecule has 31 heavy (non-hydrogen) atoms. The van der Waals surface area contributed by atoms with Crippen molar-refractivity contribution in [2.24, 2.45) is 4.99 Å². The van der Waals surface area contributed by atoms with Crippen molar-refractivity contribution < 1.29 is 22.4 Å². The van der Waals surface area contributed by atoms with Crippen molar-refractivity contribution in [1.29, 1.82) is 0 Å². The van der Waals surface area contributed by atoms with Crippen LogP contribution in [0.1, 0.15) is 49.3 Å². The van der Waals surface area contributed by atoms with Gasteiger partial charge in [-0.2, -0.15) is 13.2 Å². The third-order valence-electron chi connectivity index (χ3n) is 5.54. The summed E-state index contributed by atoms with van der Waals surface area (Å²) in [6, 6.07) is 11.5. The fourth-order valence-electron chi connectivity index (χ4n) is 3.79. The van der Waals surface area contributed by atoms with Gasteiger partial charge in [-0.3, -0.25) is 9.79 Å². The van der Waals surface area contributed by atoms with Gasteiger partial charge in [0.1, 0.15) is 5.82 Å². The van der Waals surface area contributed by atoms with E-state index < -0.39 is 11.7 Å². The van der Waals surface area contributed by atoms with E-state index in [1.54, 1.807) is 18.3 Å². The molecule has 0 aromatic heterocycles. The van der Waals surface area contributed by atoms with E-state index in [-0.39, 0.29) is 17.6 Å². The van der Waals surface area contributed by atoms with Gasteiger partial charge in [0.05, 0.1) is 11.6 Å². The lowest BCUT2D eigenvalue weighted by molar-refractivity contribution is -0.137. The number of alkyl halides is 3. The second-order valence-electron chi connectivity index (χ2n) is 7.81. The fourth-order valence-corrected chi connectivity index (χ4v) is 3.79. The summed E-state index contributed by atoms with van der Waals surface area (Å²) in [5, 5.41) is 0. The standard InChI is InChI=1S/C25H25F4NO/c1-2-19-15-22(14-18-8-12-21(26)13-9-18)30-16-23(19)24(31)5-3-4-17-6-10-20(11-7-17)25(27,28)29/h6-13,16,22H,2-5,14-15H2,1H3. The van der Waals surface area contributed by atoms with E-state index in [1.807, 2.05) is 6.92 Å². The van der Waals surface area contributed by atoms with Crippen LogP contribution in [-0.4, -0.2) is 18.0 Å². The first-order valence-corrected chi connectivity index (χ1v) is 10.4. The Morgan fingerprint density at radius 3 is 2.29 bits per heavy atom. The topological polar surface area (TPSA) is 29.4 Å². The molecule has 0 N–H and O–H groups in total. The highest BCUT2D eigenvalue weighted by Gasteiger charge is 2.29. The Labute approximate surface area is 179 Å². The molecule has 1 aliphatic heterocycles. The lowest BCUT2D eigenvalue weighted by Crippen LogP contribution is -2.19. The zero-order chi connectivity index (χ0) is 22.4. The van der Waals surface area contributed by atoms with Gasteiger partial charge in [0.25, 0.3) is 0 Å². The van der Waals surface area contributed by atoms with Gasteiger partial charge in [0.2, 0.25) is 0 Å². The molecule has 0 bridgehead atoms. The number of carbonyl (C=O) groups excluding carboxylic acids is 1. The van der Waals surface area contributed by atoms with Gasteiger partial charge in [-0.25, -0.2) is 4.39 Å². The van der Waals surface area contributed by atoms with Gasteiger partial charge >= 0.3 is 6.18 Å². The molecule has 1 unspecified atom stereocenters. The van der Waals surface area contributed by atoms with Gasteiger partial charge in [0.15, 0.2) is 5.78 Å². The van der Waals surface area contributed by atoms with Crippen LogP contribution in [0, 0.1) is 5.82 Å². The van der Waals surface area contributed by atoms with Crippen LogP contribution in [0.5, 0.6) is 0 Å². The Hall–Kier alpha value is -2.76. The molecule has 1 aliphatic rings.